The van der Waals surface area contributed by atoms with Crippen LogP contribution in [-0.4, -0.2) is 34.7 Å². The SMILES string of the molecule is CC(C)NCCCC(=O)Nc1ccc(O)c(C(=O)O)c1. The highest BCUT2D eigenvalue weighted by Crippen LogP contribution is 2.21. The van der Waals surface area contributed by atoms with Gasteiger partial charge in [0.15, 0.2) is 0 Å². The molecule has 1 rings (SSSR count). The Kier molecular flexibility index (Phi) is 5.99. The number of anilines is 1. The second-order valence-corrected chi connectivity index (χ2v) is 4.80. The second-order valence-electron chi connectivity index (χ2n) is 4.80. The summed E-state index contributed by atoms with van der Waals surface area (Å²) in [5.41, 5.74) is 0.131. The van der Waals surface area contributed by atoms with Gasteiger partial charge in [0.2, 0.25) is 5.91 Å². The predicted octanol–water partition coefficient (Wildman–Crippen LogP) is 1.81. The summed E-state index contributed by atoms with van der Waals surface area (Å²) in [6.07, 6.45) is 1.05. The Morgan fingerprint density at radius 3 is 2.60 bits per heavy atom. The summed E-state index contributed by atoms with van der Waals surface area (Å²) in [5, 5.41) is 24.0. The van der Waals surface area contributed by atoms with Gasteiger partial charge in [0.1, 0.15) is 11.3 Å². The Labute approximate surface area is 117 Å². The molecule has 0 aliphatic heterocycles. The minimum absolute atomic E-state index is 0.183. The molecule has 6 heteroatoms. The molecular formula is C14H20N2O4. The lowest BCUT2D eigenvalue weighted by Crippen LogP contribution is -2.24. The molecule has 0 saturated heterocycles. The van der Waals surface area contributed by atoms with E-state index in [2.05, 4.69) is 10.6 Å². The molecule has 20 heavy (non-hydrogen) atoms. The summed E-state index contributed by atoms with van der Waals surface area (Å²) in [6, 6.07) is 4.33. The molecule has 1 amide bonds. The molecular weight excluding hydrogens is 260 g/mol. The standard InChI is InChI=1S/C14H20N2O4/c1-9(2)15-7-3-4-13(18)16-10-5-6-12(17)11(8-10)14(19)20/h5-6,8-9,15,17H,3-4,7H2,1-2H3,(H,16,18)(H,19,20). The maximum Gasteiger partial charge on any atom is 0.339 e. The minimum atomic E-state index is -1.24. The molecule has 0 aliphatic rings. The lowest BCUT2D eigenvalue weighted by molar-refractivity contribution is -0.116. The molecule has 1 aromatic rings. The van der Waals surface area contributed by atoms with Crippen LogP contribution in [0.25, 0.3) is 0 Å². The fraction of sp³-hybridized carbons (Fsp3) is 0.429. The van der Waals surface area contributed by atoms with Crippen LogP contribution in [0.3, 0.4) is 0 Å². The zero-order valence-electron chi connectivity index (χ0n) is 11.6. The Hall–Kier alpha value is -2.08. The fourth-order valence-electron chi connectivity index (χ4n) is 1.65. The van der Waals surface area contributed by atoms with Gasteiger partial charge >= 0.3 is 5.97 Å². The van der Waals surface area contributed by atoms with Crippen molar-refractivity contribution in [2.75, 3.05) is 11.9 Å². The normalized spacial score (nSPS) is 10.6. The van der Waals surface area contributed by atoms with E-state index in [1.807, 2.05) is 13.8 Å². The molecule has 0 unspecified atom stereocenters. The van der Waals surface area contributed by atoms with Crippen molar-refractivity contribution in [3.8, 4) is 5.75 Å². The number of carboxylic acid groups (broad SMARTS) is 1. The van der Waals surface area contributed by atoms with Gasteiger partial charge in [0, 0.05) is 18.2 Å². The van der Waals surface area contributed by atoms with E-state index in [-0.39, 0.29) is 17.2 Å². The van der Waals surface area contributed by atoms with E-state index in [4.69, 9.17) is 5.11 Å². The molecule has 0 spiro atoms. The van der Waals surface area contributed by atoms with E-state index < -0.39 is 5.97 Å². The number of carboxylic acids is 1. The Morgan fingerprint density at radius 2 is 2.00 bits per heavy atom. The molecule has 0 radical (unpaired) electrons. The lowest BCUT2D eigenvalue weighted by Gasteiger charge is -2.09. The molecule has 1 aromatic carbocycles. The number of aromatic carboxylic acids is 1. The molecule has 0 heterocycles. The highest BCUT2D eigenvalue weighted by atomic mass is 16.4. The molecule has 110 valence electrons. The van der Waals surface area contributed by atoms with E-state index >= 15 is 0 Å². The predicted molar refractivity (Wildman–Crippen MR) is 76.1 cm³/mol. The van der Waals surface area contributed by atoms with Gasteiger partial charge in [-0.2, -0.15) is 0 Å². The molecule has 0 bridgehead atoms. The van der Waals surface area contributed by atoms with Crippen molar-refractivity contribution in [2.45, 2.75) is 32.7 Å². The smallest absolute Gasteiger partial charge is 0.339 e. The third kappa shape index (κ3) is 5.27. The number of carbonyl (C=O) groups excluding carboxylic acids is 1. The maximum absolute atomic E-state index is 11.7. The number of aromatic hydroxyl groups is 1. The van der Waals surface area contributed by atoms with Gasteiger partial charge in [-0.15, -0.1) is 0 Å². The molecule has 6 nitrogen and oxygen atoms in total. The number of phenols is 1. The van der Waals surface area contributed by atoms with Crippen molar-refractivity contribution in [2.24, 2.45) is 0 Å². The maximum atomic E-state index is 11.7. The average Bonchev–Trinajstić information content (AvgIpc) is 2.36. The van der Waals surface area contributed by atoms with Crippen LogP contribution in [0.15, 0.2) is 18.2 Å². The van der Waals surface area contributed by atoms with Crippen LogP contribution in [0, 0.1) is 0 Å². The van der Waals surface area contributed by atoms with Gasteiger partial charge in [-0.05, 0) is 31.2 Å². The number of benzene rings is 1. The van der Waals surface area contributed by atoms with Gasteiger partial charge in [-0.25, -0.2) is 4.79 Å². The fourth-order valence-corrected chi connectivity index (χ4v) is 1.65. The quantitative estimate of drug-likeness (QED) is 0.451. The number of amides is 1. The number of carbonyl (C=O) groups is 2. The molecule has 0 aromatic heterocycles. The van der Waals surface area contributed by atoms with Crippen LogP contribution in [-0.2, 0) is 4.79 Å². The van der Waals surface area contributed by atoms with Crippen molar-refractivity contribution in [1.82, 2.24) is 5.32 Å². The van der Waals surface area contributed by atoms with Gasteiger partial charge in [-0.1, -0.05) is 13.8 Å². The van der Waals surface area contributed by atoms with Crippen LogP contribution < -0.4 is 10.6 Å². The van der Waals surface area contributed by atoms with E-state index in [1.165, 1.54) is 18.2 Å². The average molecular weight is 280 g/mol. The highest BCUT2D eigenvalue weighted by molar-refractivity contribution is 5.95. The lowest BCUT2D eigenvalue weighted by atomic mass is 10.1. The summed E-state index contributed by atoms with van der Waals surface area (Å²) < 4.78 is 0. The minimum Gasteiger partial charge on any atom is -0.507 e. The Balaban J connectivity index is 2.50. The van der Waals surface area contributed by atoms with E-state index in [1.54, 1.807) is 0 Å². The molecule has 0 saturated carbocycles. The summed E-state index contributed by atoms with van der Waals surface area (Å²) in [4.78, 5) is 22.5. The monoisotopic (exact) mass is 280 g/mol. The highest BCUT2D eigenvalue weighted by Gasteiger charge is 2.11. The Bertz CT molecular complexity index is 486. The van der Waals surface area contributed by atoms with Crippen LogP contribution in [0.4, 0.5) is 5.69 Å². The zero-order valence-corrected chi connectivity index (χ0v) is 11.6. The van der Waals surface area contributed by atoms with E-state index in [9.17, 15) is 14.7 Å². The summed E-state index contributed by atoms with van der Waals surface area (Å²) in [6.45, 7) is 4.81. The van der Waals surface area contributed by atoms with Gasteiger partial charge in [0.25, 0.3) is 0 Å². The van der Waals surface area contributed by atoms with Crippen LogP contribution in [0.5, 0.6) is 5.75 Å². The summed E-state index contributed by atoms with van der Waals surface area (Å²) in [7, 11) is 0. The first-order valence-corrected chi connectivity index (χ1v) is 6.49. The van der Waals surface area contributed by atoms with Crippen LogP contribution in [0.1, 0.15) is 37.0 Å². The van der Waals surface area contributed by atoms with Crippen LogP contribution >= 0.6 is 0 Å². The van der Waals surface area contributed by atoms with Gasteiger partial charge < -0.3 is 20.8 Å². The van der Waals surface area contributed by atoms with Crippen molar-refractivity contribution in [3.63, 3.8) is 0 Å². The second kappa shape index (κ2) is 7.49. The van der Waals surface area contributed by atoms with Crippen molar-refractivity contribution in [1.29, 1.82) is 0 Å². The topological polar surface area (TPSA) is 98.7 Å². The third-order valence-electron chi connectivity index (χ3n) is 2.64. The number of hydrogen-bond donors (Lipinski definition) is 4. The molecule has 0 fully saturated rings. The molecule has 0 atom stereocenters. The Morgan fingerprint density at radius 1 is 1.30 bits per heavy atom. The molecule has 0 aliphatic carbocycles. The number of rotatable bonds is 7. The number of nitrogens with one attached hydrogen (secondary N) is 2. The van der Waals surface area contributed by atoms with Crippen molar-refractivity contribution in [3.05, 3.63) is 23.8 Å². The van der Waals surface area contributed by atoms with Gasteiger partial charge in [0.05, 0.1) is 0 Å². The third-order valence-corrected chi connectivity index (χ3v) is 2.64. The first-order chi connectivity index (χ1) is 9.40. The van der Waals surface area contributed by atoms with E-state index in [0.717, 1.165) is 6.54 Å². The summed E-state index contributed by atoms with van der Waals surface area (Å²) in [5.74, 6) is -1.74. The zero-order chi connectivity index (χ0) is 15.1. The molecule has 4 N–H and O–H groups in total. The first kappa shape index (κ1) is 16.0. The largest absolute Gasteiger partial charge is 0.507 e. The van der Waals surface area contributed by atoms with Crippen LogP contribution in [0.2, 0.25) is 0 Å². The van der Waals surface area contributed by atoms with Gasteiger partial charge in [-0.3, -0.25) is 4.79 Å². The summed E-state index contributed by atoms with van der Waals surface area (Å²) >= 11 is 0. The van der Waals surface area contributed by atoms with Crippen molar-refractivity contribution >= 4 is 17.6 Å². The first-order valence-electron chi connectivity index (χ1n) is 6.49. The van der Waals surface area contributed by atoms with Crippen molar-refractivity contribution < 1.29 is 19.8 Å². The van der Waals surface area contributed by atoms with E-state index in [0.29, 0.717) is 24.6 Å². The number of hydrogen-bond acceptors (Lipinski definition) is 4.